The molecule has 2 heterocycles. The van der Waals surface area contributed by atoms with Crippen molar-refractivity contribution in [3.05, 3.63) is 46.9 Å². The Balaban J connectivity index is 1.87. The third-order valence-corrected chi connectivity index (χ3v) is 3.62. The number of amides is 1. The molecule has 1 saturated carbocycles. The quantitative estimate of drug-likeness (QED) is 0.851. The highest BCUT2D eigenvalue weighted by molar-refractivity contribution is 6.33. The van der Waals surface area contributed by atoms with Crippen LogP contribution in [-0.4, -0.2) is 21.9 Å². The van der Waals surface area contributed by atoms with E-state index < -0.39 is 0 Å². The molecule has 0 spiro atoms. The highest BCUT2D eigenvalue weighted by Gasteiger charge is 2.23. The van der Waals surface area contributed by atoms with Gasteiger partial charge in [0.15, 0.2) is 0 Å². The number of hydrogen-bond acceptors (Lipinski definition) is 4. The van der Waals surface area contributed by atoms with Gasteiger partial charge in [-0.1, -0.05) is 11.6 Å². The molecule has 1 fully saturated rings. The largest absolute Gasteiger partial charge is 0.366 e. The number of carbonyl (C=O) groups excluding carboxylic acids is 1. The number of nitrogens with zero attached hydrogens (tertiary/aromatic N) is 2. The summed E-state index contributed by atoms with van der Waals surface area (Å²) in [5.41, 5.74) is 1.98. The molecule has 0 saturated heterocycles. The summed E-state index contributed by atoms with van der Waals surface area (Å²) in [6, 6.07) is 5.64. The first kappa shape index (κ1) is 13.8. The van der Waals surface area contributed by atoms with Crippen LogP contribution in [0, 0.1) is 6.92 Å². The number of carbonyl (C=O) groups is 1. The summed E-state index contributed by atoms with van der Waals surface area (Å²) >= 11 is 5.96. The maximum absolute atomic E-state index is 12.3. The van der Waals surface area contributed by atoms with E-state index in [1.54, 1.807) is 24.5 Å². The van der Waals surface area contributed by atoms with Gasteiger partial charge in [-0.3, -0.25) is 4.79 Å². The Hall–Kier alpha value is -2.14. The van der Waals surface area contributed by atoms with Gasteiger partial charge < -0.3 is 10.6 Å². The van der Waals surface area contributed by atoms with Crippen LogP contribution < -0.4 is 10.6 Å². The zero-order valence-corrected chi connectivity index (χ0v) is 12.3. The van der Waals surface area contributed by atoms with Gasteiger partial charge in [0.2, 0.25) is 0 Å². The summed E-state index contributed by atoms with van der Waals surface area (Å²) in [5.74, 6) is 0.411. The second-order valence-electron chi connectivity index (χ2n) is 5.07. The van der Waals surface area contributed by atoms with Crippen LogP contribution in [0.2, 0.25) is 5.15 Å². The SMILES string of the molecule is Cc1ccnc(NC2CC2)c1NC(=O)c1cccnc1Cl. The third kappa shape index (κ3) is 3.13. The fraction of sp³-hybridized carbons (Fsp3) is 0.267. The normalized spacial score (nSPS) is 13.8. The monoisotopic (exact) mass is 302 g/mol. The Morgan fingerprint density at radius 2 is 2.10 bits per heavy atom. The van der Waals surface area contributed by atoms with Crippen molar-refractivity contribution in [1.82, 2.24) is 9.97 Å². The van der Waals surface area contributed by atoms with E-state index >= 15 is 0 Å². The Kier molecular flexibility index (Phi) is 3.75. The Morgan fingerprint density at radius 3 is 2.81 bits per heavy atom. The lowest BCUT2D eigenvalue weighted by Crippen LogP contribution is -2.16. The van der Waals surface area contributed by atoms with Gasteiger partial charge in [-0.05, 0) is 43.5 Å². The lowest BCUT2D eigenvalue weighted by molar-refractivity contribution is 0.102. The number of pyridine rings is 2. The summed E-state index contributed by atoms with van der Waals surface area (Å²) < 4.78 is 0. The van der Waals surface area contributed by atoms with Crippen molar-refractivity contribution in [2.24, 2.45) is 0 Å². The van der Waals surface area contributed by atoms with Gasteiger partial charge in [0.1, 0.15) is 11.0 Å². The standard InChI is InChI=1S/C15H15ClN4O/c1-9-6-8-18-14(19-10-4-5-10)12(9)20-15(21)11-3-2-7-17-13(11)16/h2-3,6-8,10H,4-5H2,1H3,(H,18,19)(H,20,21). The van der Waals surface area contributed by atoms with Gasteiger partial charge in [-0.2, -0.15) is 0 Å². The average molecular weight is 303 g/mol. The topological polar surface area (TPSA) is 66.9 Å². The number of nitrogens with one attached hydrogen (secondary N) is 2. The zero-order chi connectivity index (χ0) is 14.8. The molecule has 3 rings (SSSR count). The molecule has 5 nitrogen and oxygen atoms in total. The van der Waals surface area contributed by atoms with Gasteiger partial charge in [-0.25, -0.2) is 9.97 Å². The lowest BCUT2D eigenvalue weighted by atomic mass is 10.2. The molecule has 2 aromatic rings. The van der Waals surface area contributed by atoms with Gasteiger partial charge >= 0.3 is 0 Å². The minimum atomic E-state index is -0.289. The van der Waals surface area contributed by atoms with Crippen molar-refractivity contribution in [2.45, 2.75) is 25.8 Å². The van der Waals surface area contributed by atoms with E-state index in [4.69, 9.17) is 11.6 Å². The van der Waals surface area contributed by atoms with E-state index in [0.29, 0.717) is 23.1 Å². The highest BCUT2D eigenvalue weighted by Crippen LogP contribution is 2.30. The van der Waals surface area contributed by atoms with E-state index in [2.05, 4.69) is 20.6 Å². The first-order valence-electron chi connectivity index (χ1n) is 6.79. The van der Waals surface area contributed by atoms with Crippen molar-refractivity contribution in [3.8, 4) is 0 Å². The fourth-order valence-corrected chi connectivity index (χ4v) is 2.19. The van der Waals surface area contributed by atoms with Crippen molar-refractivity contribution in [1.29, 1.82) is 0 Å². The van der Waals surface area contributed by atoms with Crippen LogP contribution in [0.5, 0.6) is 0 Å². The molecule has 0 aromatic carbocycles. The molecule has 0 atom stereocenters. The van der Waals surface area contributed by atoms with Crippen LogP contribution in [0.3, 0.4) is 0 Å². The van der Waals surface area contributed by atoms with Crippen LogP contribution in [-0.2, 0) is 0 Å². The average Bonchev–Trinajstić information content (AvgIpc) is 3.27. The number of anilines is 2. The van der Waals surface area contributed by atoms with Gasteiger partial charge in [0, 0.05) is 18.4 Å². The maximum Gasteiger partial charge on any atom is 0.258 e. The Morgan fingerprint density at radius 1 is 1.29 bits per heavy atom. The minimum absolute atomic E-state index is 0.188. The molecule has 108 valence electrons. The van der Waals surface area contributed by atoms with Gasteiger partial charge in [0.25, 0.3) is 5.91 Å². The van der Waals surface area contributed by atoms with Crippen molar-refractivity contribution < 1.29 is 4.79 Å². The Bertz CT molecular complexity index is 685. The van der Waals surface area contributed by atoms with E-state index in [1.807, 2.05) is 13.0 Å². The molecule has 1 aliphatic carbocycles. The molecule has 1 amide bonds. The van der Waals surface area contributed by atoms with Crippen molar-refractivity contribution in [2.75, 3.05) is 10.6 Å². The summed E-state index contributed by atoms with van der Waals surface area (Å²) in [6.45, 7) is 1.93. The number of rotatable bonds is 4. The maximum atomic E-state index is 12.3. The third-order valence-electron chi connectivity index (χ3n) is 3.32. The molecule has 2 N–H and O–H groups in total. The number of aromatic nitrogens is 2. The van der Waals surface area contributed by atoms with E-state index in [9.17, 15) is 4.79 Å². The molecule has 6 heteroatoms. The van der Waals surface area contributed by atoms with Crippen LogP contribution in [0.1, 0.15) is 28.8 Å². The predicted octanol–water partition coefficient (Wildman–Crippen LogP) is 3.27. The van der Waals surface area contributed by atoms with Crippen molar-refractivity contribution in [3.63, 3.8) is 0 Å². The summed E-state index contributed by atoms with van der Waals surface area (Å²) in [7, 11) is 0. The molecule has 1 aliphatic rings. The van der Waals surface area contributed by atoms with E-state index in [0.717, 1.165) is 18.4 Å². The molecular formula is C15H15ClN4O. The summed E-state index contributed by atoms with van der Waals surface area (Å²) in [5, 5.41) is 6.39. The molecule has 0 aliphatic heterocycles. The van der Waals surface area contributed by atoms with Crippen molar-refractivity contribution >= 4 is 29.0 Å². The van der Waals surface area contributed by atoms with E-state index in [1.165, 1.54) is 0 Å². The molecule has 0 bridgehead atoms. The molecule has 0 radical (unpaired) electrons. The number of aryl methyl sites for hydroxylation is 1. The molecule has 21 heavy (non-hydrogen) atoms. The predicted molar refractivity (Wildman–Crippen MR) is 82.8 cm³/mol. The van der Waals surface area contributed by atoms with Crippen LogP contribution >= 0.6 is 11.6 Å². The van der Waals surface area contributed by atoms with E-state index in [-0.39, 0.29) is 11.1 Å². The molecule has 0 unspecified atom stereocenters. The van der Waals surface area contributed by atoms with Gasteiger partial charge in [0.05, 0.1) is 11.3 Å². The Labute approximate surface area is 127 Å². The number of halogens is 1. The number of hydrogen-bond donors (Lipinski definition) is 2. The summed E-state index contributed by atoms with van der Waals surface area (Å²) in [6.07, 6.45) is 5.55. The van der Waals surface area contributed by atoms with Crippen LogP contribution in [0.4, 0.5) is 11.5 Å². The van der Waals surface area contributed by atoms with Crippen LogP contribution in [0.15, 0.2) is 30.6 Å². The fourth-order valence-electron chi connectivity index (χ4n) is 1.98. The first-order chi connectivity index (χ1) is 10.1. The smallest absolute Gasteiger partial charge is 0.258 e. The second kappa shape index (κ2) is 5.69. The zero-order valence-electron chi connectivity index (χ0n) is 11.6. The lowest BCUT2D eigenvalue weighted by Gasteiger charge is -2.14. The molecule has 2 aromatic heterocycles. The summed E-state index contributed by atoms with van der Waals surface area (Å²) in [4.78, 5) is 20.6. The molecular weight excluding hydrogens is 288 g/mol. The van der Waals surface area contributed by atoms with Crippen LogP contribution in [0.25, 0.3) is 0 Å². The second-order valence-corrected chi connectivity index (χ2v) is 5.42. The van der Waals surface area contributed by atoms with Gasteiger partial charge in [-0.15, -0.1) is 0 Å². The first-order valence-corrected chi connectivity index (χ1v) is 7.17. The highest BCUT2D eigenvalue weighted by atomic mass is 35.5. The minimum Gasteiger partial charge on any atom is -0.366 e.